The first-order chi connectivity index (χ1) is 15.4. The van der Waals surface area contributed by atoms with E-state index in [2.05, 4.69) is 18.0 Å². The summed E-state index contributed by atoms with van der Waals surface area (Å²) in [5, 5.41) is 5.18. The van der Waals surface area contributed by atoms with Crippen molar-refractivity contribution in [2.24, 2.45) is 0 Å². The van der Waals surface area contributed by atoms with Crippen LogP contribution in [0.5, 0.6) is 0 Å². The zero-order chi connectivity index (χ0) is 24.2. The summed E-state index contributed by atoms with van der Waals surface area (Å²) in [6.07, 6.45) is 0.823. The number of carbonyl (C=O) groups is 2. The van der Waals surface area contributed by atoms with Crippen LogP contribution in [-0.4, -0.2) is 17.5 Å². The van der Waals surface area contributed by atoms with E-state index in [1.165, 1.54) is 0 Å². The maximum atomic E-state index is 12.6. The lowest BCUT2D eigenvalue weighted by Crippen LogP contribution is -2.36. The van der Waals surface area contributed by atoms with Crippen LogP contribution < -0.4 is 5.32 Å². The molecule has 0 aliphatic rings. The van der Waals surface area contributed by atoms with Gasteiger partial charge in [-0.3, -0.25) is 9.59 Å². The van der Waals surface area contributed by atoms with Crippen molar-refractivity contribution >= 4 is 22.6 Å². The Kier molecular flexibility index (Phi) is 7.06. The Hall–Kier alpha value is -3.40. The summed E-state index contributed by atoms with van der Waals surface area (Å²) in [6.45, 7) is 13.3. The monoisotopic (exact) mass is 443 g/mol. The molecule has 3 aromatic rings. The zero-order valence-electron chi connectivity index (χ0n) is 20.2. The van der Waals surface area contributed by atoms with E-state index in [9.17, 15) is 9.59 Å². The van der Waals surface area contributed by atoms with Gasteiger partial charge in [0.2, 0.25) is 5.91 Å². The van der Waals surface area contributed by atoms with Crippen molar-refractivity contribution in [3.05, 3.63) is 95.7 Å². The van der Waals surface area contributed by atoms with E-state index in [4.69, 9.17) is 4.74 Å². The molecule has 0 atom stereocenters. The number of allylic oxidation sites excluding steroid dienone is 1. The van der Waals surface area contributed by atoms with Gasteiger partial charge in [0, 0.05) is 12.1 Å². The van der Waals surface area contributed by atoms with E-state index in [0.717, 1.165) is 27.5 Å². The molecule has 0 unspecified atom stereocenters. The van der Waals surface area contributed by atoms with Crippen LogP contribution in [0.1, 0.15) is 51.3 Å². The summed E-state index contributed by atoms with van der Waals surface area (Å²) >= 11 is 0. The second-order valence-corrected chi connectivity index (χ2v) is 10.0. The number of carbonyl (C=O) groups excluding carboxylic acids is 2. The Labute approximate surface area is 196 Å². The van der Waals surface area contributed by atoms with Crippen molar-refractivity contribution in [1.29, 1.82) is 0 Å². The lowest BCUT2D eigenvalue weighted by molar-refractivity contribution is -0.160. The van der Waals surface area contributed by atoms with Crippen molar-refractivity contribution in [3.8, 4) is 0 Å². The lowest BCUT2D eigenvalue weighted by Gasteiger charge is -2.29. The Balaban J connectivity index is 1.57. The van der Waals surface area contributed by atoms with E-state index in [1.807, 2.05) is 95.3 Å². The van der Waals surface area contributed by atoms with Gasteiger partial charge in [-0.05, 0) is 62.1 Å². The first-order valence-corrected chi connectivity index (χ1v) is 11.2. The zero-order valence-corrected chi connectivity index (χ0v) is 20.2. The van der Waals surface area contributed by atoms with Crippen molar-refractivity contribution < 1.29 is 14.3 Å². The summed E-state index contributed by atoms with van der Waals surface area (Å²) in [4.78, 5) is 25.1. The molecule has 0 aromatic heterocycles. The van der Waals surface area contributed by atoms with Crippen LogP contribution in [-0.2, 0) is 32.6 Å². The molecule has 172 valence electrons. The van der Waals surface area contributed by atoms with Gasteiger partial charge in [-0.1, -0.05) is 73.3 Å². The molecule has 0 bridgehead atoms. The first-order valence-electron chi connectivity index (χ1n) is 11.2. The molecule has 0 fully saturated rings. The molecule has 4 nitrogen and oxygen atoms in total. The highest BCUT2D eigenvalue weighted by Crippen LogP contribution is 2.27. The van der Waals surface area contributed by atoms with Crippen LogP contribution in [0.25, 0.3) is 10.8 Å². The number of benzene rings is 3. The molecule has 0 heterocycles. The quantitative estimate of drug-likeness (QED) is 0.464. The highest BCUT2D eigenvalue weighted by Gasteiger charge is 2.34. The van der Waals surface area contributed by atoms with Gasteiger partial charge in [0.1, 0.15) is 5.60 Å². The summed E-state index contributed by atoms with van der Waals surface area (Å²) in [7, 11) is 0. The maximum absolute atomic E-state index is 12.6. The first kappa shape index (κ1) is 24.2. The molecule has 1 amide bonds. The summed E-state index contributed by atoms with van der Waals surface area (Å²) in [5.74, 6) is -0.342. The highest BCUT2D eigenvalue weighted by atomic mass is 16.6. The van der Waals surface area contributed by atoms with Gasteiger partial charge >= 0.3 is 5.97 Å². The molecule has 1 N–H and O–H groups in total. The number of amides is 1. The molecule has 0 saturated heterocycles. The van der Waals surface area contributed by atoms with Crippen LogP contribution in [0.2, 0.25) is 0 Å². The second-order valence-electron chi connectivity index (χ2n) is 10.0. The smallest absolute Gasteiger partial charge is 0.316 e. The third-order valence-electron chi connectivity index (χ3n) is 5.50. The van der Waals surface area contributed by atoms with E-state index < -0.39 is 11.0 Å². The van der Waals surface area contributed by atoms with E-state index in [-0.39, 0.29) is 11.9 Å². The summed E-state index contributed by atoms with van der Waals surface area (Å²) in [5.41, 5.74) is 2.21. The predicted molar refractivity (Wildman–Crippen MR) is 134 cm³/mol. The molecule has 3 aromatic carbocycles. The minimum atomic E-state index is -0.753. The van der Waals surface area contributed by atoms with E-state index >= 15 is 0 Å². The van der Waals surface area contributed by atoms with Crippen molar-refractivity contribution in [2.45, 2.75) is 58.5 Å². The number of fused-ring (bicyclic) bond motifs is 1. The average Bonchev–Trinajstić information content (AvgIpc) is 2.72. The Morgan fingerprint density at radius 2 is 1.42 bits per heavy atom. The fourth-order valence-electron chi connectivity index (χ4n) is 3.63. The highest BCUT2D eigenvalue weighted by molar-refractivity contribution is 5.86. The fraction of sp³-hybridized carbons (Fsp3) is 0.310. The number of nitrogens with one attached hydrogen (secondary N) is 1. The Morgan fingerprint density at radius 1 is 0.818 bits per heavy atom. The van der Waals surface area contributed by atoms with Crippen LogP contribution >= 0.6 is 0 Å². The summed E-state index contributed by atoms with van der Waals surface area (Å²) in [6, 6.07) is 21.9. The second kappa shape index (κ2) is 9.62. The molecule has 0 radical (unpaired) electrons. The third-order valence-corrected chi connectivity index (χ3v) is 5.50. The summed E-state index contributed by atoms with van der Waals surface area (Å²) < 4.78 is 5.57. The minimum absolute atomic E-state index is 0.0852. The van der Waals surface area contributed by atoms with Gasteiger partial charge in [0.05, 0.1) is 11.8 Å². The van der Waals surface area contributed by atoms with Crippen LogP contribution in [0.15, 0.2) is 79.0 Å². The van der Waals surface area contributed by atoms with Gasteiger partial charge in [-0.25, -0.2) is 0 Å². The number of ether oxygens (including phenoxy) is 1. The fourth-order valence-corrected chi connectivity index (χ4v) is 3.63. The molecule has 0 spiro atoms. The number of esters is 1. The third kappa shape index (κ3) is 6.55. The van der Waals surface area contributed by atoms with Crippen molar-refractivity contribution in [3.63, 3.8) is 0 Å². The van der Waals surface area contributed by atoms with Crippen molar-refractivity contribution in [2.75, 3.05) is 0 Å². The predicted octanol–water partition coefficient (Wildman–Crippen LogP) is 5.87. The maximum Gasteiger partial charge on any atom is 0.316 e. The van der Waals surface area contributed by atoms with Crippen LogP contribution in [0.3, 0.4) is 0 Å². The van der Waals surface area contributed by atoms with Gasteiger partial charge in [0.25, 0.3) is 0 Å². The number of rotatable bonds is 7. The normalized spacial score (nSPS) is 11.8. The van der Waals surface area contributed by atoms with Gasteiger partial charge < -0.3 is 10.1 Å². The van der Waals surface area contributed by atoms with E-state index in [0.29, 0.717) is 18.5 Å². The molecular formula is C29H33NO3. The molecular weight excluding hydrogens is 410 g/mol. The largest absolute Gasteiger partial charge is 0.459 e. The lowest BCUT2D eigenvalue weighted by atomic mass is 9.84. The van der Waals surface area contributed by atoms with Crippen LogP contribution in [0, 0.1) is 0 Å². The molecule has 4 heteroatoms. The molecule has 0 aliphatic carbocycles. The SMILES string of the molecule is C=C(Cc1ccc(C(C)(C)C(=O)OC(C)(C)C)cc1)NC(=O)Cc1ccc2ccccc2c1. The van der Waals surface area contributed by atoms with E-state index in [1.54, 1.807) is 0 Å². The van der Waals surface area contributed by atoms with Crippen LogP contribution in [0.4, 0.5) is 0 Å². The standard InChI is InChI=1S/C29H33NO3/c1-20(30-26(31)19-22-11-14-23-9-7-8-10-24(23)18-22)17-21-12-15-25(16-13-21)29(5,6)27(32)33-28(2,3)4/h7-16,18H,1,17,19H2,2-6H3,(H,30,31). The number of hydrogen-bond acceptors (Lipinski definition) is 3. The van der Waals surface area contributed by atoms with Gasteiger partial charge in [-0.15, -0.1) is 0 Å². The minimum Gasteiger partial charge on any atom is -0.459 e. The average molecular weight is 444 g/mol. The molecule has 0 saturated carbocycles. The van der Waals surface area contributed by atoms with Gasteiger partial charge in [0.15, 0.2) is 0 Å². The topological polar surface area (TPSA) is 55.4 Å². The molecule has 0 aliphatic heterocycles. The molecule has 3 rings (SSSR count). The Bertz CT molecular complexity index is 1170. The van der Waals surface area contributed by atoms with Gasteiger partial charge in [-0.2, -0.15) is 0 Å². The Morgan fingerprint density at radius 3 is 2.06 bits per heavy atom. The number of hydrogen-bond donors (Lipinski definition) is 1. The molecule has 33 heavy (non-hydrogen) atoms. The van der Waals surface area contributed by atoms with Crippen molar-refractivity contribution in [1.82, 2.24) is 5.32 Å².